The Balaban J connectivity index is 0.000000175. The molecular weight excluding hydrogens is 530 g/mol. The zero-order chi connectivity index (χ0) is 29.5. The summed E-state index contributed by atoms with van der Waals surface area (Å²) < 4.78 is 9.39. The molecule has 0 amide bonds. The number of hydrogen-bond donors (Lipinski definition) is 0. The van der Waals surface area contributed by atoms with Crippen molar-refractivity contribution in [2.24, 2.45) is 0 Å². The topological polar surface area (TPSA) is 96.4 Å². The quantitative estimate of drug-likeness (QED) is 0.216. The van der Waals surface area contributed by atoms with Gasteiger partial charge in [0.15, 0.2) is 5.65 Å². The van der Waals surface area contributed by atoms with Crippen LogP contribution in [0.15, 0.2) is 85.5 Å². The molecule has 0 bridgehead atoms. The molecule has 1 aliphatic heterocycles. The van der Waals surface area contributed by atoms with Crippen LogP contribution in [0.1, 0.15) is 11.1 Å². The molecule has 4 aromatic heterocycles. The second-order valence-electron chi connectivity index (χ2n) is 10.4. The lowest BCUT2D eigenvalue weighted by atomic mass is 10.1. The van der Waals surface area contributed by atoms with E-state index in [1.165, 1.54) is 18.2 Å². The number of benzene rings is 1. The third-order valence-corrected chi connectivity index (χ3v) is 6.94. The highest BCUT2D eigenvalue weighted by Gasteiger charge is 2.20. The van der Waals surface area contributed by atoms with Gasteiger partial charge in [0.25, 0.3) is 0 Å². The molecule has 6 rings (SSSR count). The summed E-state index contributed by atoms with van der Waals surface area (Å²) in [5.41, 5.74) is 5.89. The summed E-state index contributed by atoms with van der Waals surface area (Å²) in [6.45, 7) is 8.20. The zero-order valence-corrected chi connectivity index (χ0v) is 24.4. The SMILES string of the molecule is CN(C)C/C=C/C(=C=O)N1CCN(c2ccn3ncncc23)CC1.Cc1ccc(Oc2ccn3ncnc3c2)c(C)c1. The van der Waals surface area contributed by atoms with Crippen molar-refractivity contribution < 1.29 is 9.53 Å². The third-order valence-electron chi connectivity index (χ3n) is 6.94. The molecule has 11 nitrogen and oxygen atoms in total. The summed E-state index contributed by atoms with van der Waals surface area (Å²) in [4.78, 5) is 25.9. The predicted octanol–water partition coefficient (Wildman–Crippen LogP) is 3.82. The molecule has 5 aromatic rings. The minimum Gasteiger partial charge on any atom is -0.457 e. The summed E-state index contributed by atoms with van der Waals surface area (Å²) in [7, 11) is 4.00. The number of aryl methyl sites for hydroxylation is 2. The van der Waals surface area contributed by atoms with E-state index in [1.807, 2.05) is 80.5 Å². The number of allylic oxidation sites excluding steroid dienone is 1. The van der Waals surface area contributed by atoms with Crippen LogP contribution in [0.2, 0.25) is 0 Å². The van der Waals surface area contributed by atoms with Crippen LogP contribution in [0.5, 0.6) is 11.5 Å². The smallest absolute Gasteiger partial charge is 0.158 e. The van der Waals surface area contributed by atoms with Crippen molar-refractivity contribution in [3.8, 4) is 11.5 Å². The van der Waals surface area contributed by atoms with E-state index >= 15 is 0 Å². The van der Waals surface area contributed by atoms with Gasteiger partial charge in [-0.15, -0.1) is 0 Å². The van der Waals surface area contributed by atoms with Gasteiger partial charge in [-0.2, -0.15) is 10.2 Å². The molecular formula is C31H35N9O2. The number of likely N-dealkylation sites (N-methyl/N-ethyl adjacent to an activating group) is 1. The van der Waals surface area contributed by atoms with E-state index in [1.54, 1.807) is 4.52 Å². The highest BCUT2D eigenvalue weighted by Crippen LogP contribution is 2.26. The van der Waals surface area contributed by atoms with Gasteiger partial charge in [-0.1, -0.05) is 23.8 Å². The molecule has 0 saturated carbocycles. The van der Waals surface area contributed by atoms with Crippen LogP contribution in [0.4, 0.5) is 5.69 Å². The number of piperazine rings is 1. The second-order valence-corrected chi connectivity index (χ2v) is 10.4. The number of carbonyl (C=O) groups excluding carboxylic acids is 1. The third kappa shape index (κ3) is 6.83. The minimum absolute atomic E-state index is 0.626. The lowest BCUT2D eigenvalue weighted by Gasteiger charge is -2.36. The molecule has 1 aliphatic rings. The molecule has 0 atom stereocenters. The van der Waals surface area contributed by atoms with E-state index in [2.05, 4.69) is 59.9 Å². The monoisotopic (exact) mass is 565 g/mol. The average molecular weight is 566 g/mol. The van der Waals surface area contributed by atoms with Crippen LogP contribution < -0.4 is 9.64 Å². The van der Waals surface area contributed by atoms with Crippen LogP contribution in [0.3, 0.4) is 0 Å². The highest BCUT2D eigenvalue weighted by atomic mass is 16.5. The summed E-state index contributed by atoms with van der Waals surface area (Å²) in [5, 5.41) is 8.25. The minimum atomic E-state index is 0.626. The van der Waals surface area contributed by atoms with E-state index in [-0.39, 0.29) is 0 Å². The number of ether oxygens (including phenoxy) is 1. The summed E-state index contributed by atoms with van der Waals surface area (Å²) in [6, 6.07) is 11.9. The molecule has 42 heavy (non-hydrogen) atoms. The lowest BCUT2D eigenvalue weighted by molar-refractivity contribution is 0.332. The van der Waals surface area contributed by atoms with Crippen molar-refractivity contribution in [1.29, 1.82) is 0 Å². The zero-order valence-electron chi connectivity index (χ0n) is 24.4. The van der Waals surface area contributed by atoms with E-state index < -0.39 is 0 Å². The van der Waals surface area contributed by atoms with Gasteiger partial charge >= 0.3 is 0 Å². The summed E-state index contributed by atoms with van der Waals surface area (Å²) in [5.74, 6) is 3.70. The maximum atomic E-state index is 11.3. The number of aromatic nitrogens is 6. The highest BCUT2D eigenvalue weighted by molar-refractivity contribution is 5.73. The molecule has 5 heterocycles. The van der Waals surface area contributed by atoms with Gasteiger partial charge in [0.05, 0.1) is 11.9 Å². The fraction of sp³-hybridized carbons (Fsp3) is 0.290. The maximum Gasteiger partial charge on any atom is 0.158 e. The van der Waals surface area contributed by atoms with Gasteiger partial charge in [0, 0.05) is 51.2 Å². The first-order valence-corrected chi connectivity index (χ1v) is 13.8. The standard InChI is InChI=1S/C17H22N6O.C14H13N3O/c1-20(2)6-3-4-15(13-24)21-8-10-22(11-9-21)16-5-7-23-17(16)12-18-14-19-23;1-10-3-4-13(11(2)7-10)18-12-5-6-17-14(8-12)15-9-16-17/h3-5,7,12,14H,6,8-11H2,1-2H3;3-9H,1-2H3/b4-3+;. The fourth-order valence-corrected chi connectivity index (χ4v) is 4.78. The van der Waals surface area contributed by atoms with Crippen LogP contribution in [-0.4, -0.2) is 91.8 Å². The second kappa shape index (κ2) is 13.1. The number of hydrogen-bond acceptors (Lipinski definition) is 9. The average Bonchev–Trinajstić information content (AvgIpc) is 3.64. The Kier molecular flexibility index (Phi) is 8.91. The van der Waals surface area contributed by atoms with E-state index in [0.717, 1.165) is 66.6 Å². The van der Waals surface area contributed by atoms with Crippen molar-refractivity contribution in [3.05, 3.63) is 96.6 Å². The Labute approximate surface area is 245 Å². The molecule has 0 spiro atoms. The first-order chi connectivity index (χ1) is 20.4. The van der Waals surface area contributed by atoms with E-state index in [4.69, 9.17) is 4.74 Å². The molecule has 0 N–H and O–H groups in total. The molecule has 11 heteroatoms. The van der Waals surface area contributed by atoms with Gasteiger partial charge < -0.3 is 19.4 Å². The number of anilines is 1. The van der Waals surface area contributed by atoms with Crippen molar-refractivity contribution in [2.45, 2.75) is 13.8 Å². The van der Waals surface area contributed by atoms with Crippen LogP contribution >= 0.6 is 0 Å². The lowest BCUT2D eigenvalue weighted by Crippen LogP contribution is -2.45. The van der Waals surface area contributed by atoms with E-state index in [0.29, 0.717) is 5.70 Å². The van der Waals surface area contributed by atoms with Crippen LogP contribution in [-0.2, 0) is 4.79 Å². The van der Waals surface area contributed by atoms with Gasteiger partial charge in [-0.3, -0.25) is 0 Å². The maximum absolute atomic E-state index is 11.3. The van der Waals surface area contributed by atoms with E-state index in [9.17, 15) is 4.79 Å². The van der Waals surface area contributed by atoms with Crippen molar-refractivity contribution in [1.82, 2.24) is 39.0 Å². The molecule has 1 saturated heterocycles. The van der Waals surface area contributed by atoms with Gasteiger partial charge in [0.1, 0.15) is 41.3 Å². The molecule has 1 aromatic carbocycles. The molecule has 216 valence electrons. The molecule has 0 radical (unpaired) electrons. The molecule has 0 aliphatic carbocycles. The summed E-state index contributed by atoms with van der Waals surface area (Å²) in [6.07, 6.45) is 12.5. The first kappa shape index (κ1) is 28.5. The normalized spacial score (nSPS) is 13.5. The Bertz CT molecular complexity index is 1720. The Morgan fingerprint density at radius 1 is 1.00 bits per heavy atom. The van der Waals surface area contributed by atoms with Crippen LogP contribution in [0.25, 0.3) is 11.2 Å². The fourth-order valence-electron chi connectivity index (χ4n) is 4.78. The van der Waals surface area contributed by atoms with Crippen molar-refractivity contribution >= 4 is 22.8 Å². The number of rotatable bonds is 7. The Hall–Kier alpha value is -4.99. The number of pyridine rings is 1. The van der Waals surface area contributed by atoms with Crippen molar-refractivity contribution in [3.63, 3.8) is 0 Å². The van der Waals surface area contributed by atoms with Gasteiger partial charge in [-0.25, -0.2) is 23.8 Å². The first-order valence-electron chi connectivity index (χ1n) is 13.8. The molecule has 0 unspecified atom stereocenters. The number of fused-ring (bicyclic) bond motifs is 2. The summed E-state index contributed by atoms with van der Waals surface area (Å²) >= 11 is 0. The van der Waals surface area contributed by atoms with Gasteiger partial charge in [-0.05, 0) is 57.8 Å². The largest absolute Gasteiger partial charge is 0.457 e. The van der Waals surface area contributed by atoms with Gasteiger partial charge in [0.2, 0.25) is 0 Å². The molecule has 1 fully saturated rings. The van der Waals surface area contributed by atoms with Crippen LogP contribution in [0, 0.1) is 13.8 Å². The predicted molar refractivity (Wildman–Crippen MR) is 163 cm³/mol. The van der Waals surface area contributed by atoms with Crippen molar-refractivity contribution in [2.75, 3.05) is 51.7 Å². The Morgan fingerprint density at radius 2 is 1.79 bits per heavy atom. The number of nitrogens with zero attached hydrogens (tertiary/aromatic N) is 9. The Morgan fingerprint density at radius 3 is 2.55 bits per heavy atom.